The molecule has 2 rings (SSSR count). The van der Waals surface area contributed by atoms with Gasteiger partial charge < -0.3 is 0 Å². The Morgan fingerprint density at radius 2 is 1.41 bits per heavy atom. The fourth-order valence-electron chi connectivity index (χ4n) is 2.12. The lowest BCUT2D eigenvalue weighted by Crippen LogP contribution is -2.30. The maximum Gasteiger partial charge on any atom is 0.269 e. The molecular weight excluding hydrogens is 286 g/mol. The summed E-state index contributed by atoms with van der Waals surface area (Å²) in [5.74, 6) is 0. The topological polar surface area (TPSA) is 89.5 Å². The predicted octanol–water partition coefficient (Wildman–Crippen LogP) is 3.67. The summed E-state index contributed by atoms with van der Waals surface area (Å²) in [6.07, 6.45) is 0.672. The van der Waals surface area contributed by atoms with E-state index in [0.29, 0.717) is 18.7 Å². The van der Waals surface area contributed by atoms with E-state index in [2.05, 4.69) is 0 Å². The van der Waals surface area contributed by atoms with Crippen molar-refractivity contribution in [3.8, 4) is 11.1 Å². The van der Waals surface area contributed by atoms with E-state index in [1.54, 1.807) is 36.4 Å². The van der Waals surface area contributed by atoms with Crippen molar-refractivity contribution in [1.82, 2.24) is 0 Å². The second-order valence-corrected chi connectivity index (χ2v) is 4.71. The highest BCUT2D eigenvalue weighted by Crippen LogP contribution is 2.25. The average molecular weight is 301 g/mol. The highest BCUT2D eigenvalue weighted by Gasteiger charge is 2.15. The summed E-state index contributed by atoms with van der Waals surface area (Å²) in [7, 11) is 0. The van der Waals surface area contributed by atoms with Gasteiger partial charge in [0.2, 0.25) is 0 Å². The normalized spacial score (nSPS) is 10.2. The van der Waals surface area contributed by atoms with Gasteiger partial charge in [-0.15, -0.1) is 0 Å². The van der Waals surface area contributed by atoms with Crippen LogP contribution in [0.4, 0.5) is 11.4 Å². The third-order valence-corrected chi connectivity index (χ3v) is 3.21. The first-order valence-electron chi connectivity index (χ1n) is 6.79. The molecule has 0 atom stereocenters. The van der Waals surface area contributed by atoms with E-state index in [0.717, 1.165) is 16.1 Å². The maximum atomic E-state index is 11.0. The van der Waals surface area contributed by atoms with Crippen LogP contribution in [0.15, 0.2) is 48.5 Å². The highest BCUT2D eigenvalue weighted by molar-refractivity contribution is 5.67. The summed E-state index contributed by atoms with van der Waals surface area (Å²) in [6.45, 7) is 2.21. The fourth-order valence-corrected chi connectivity index (χ4v) is 2.12. The van der Waals surface area contributed by atoms with Gasteiger partial charge in [0.15, 0.2) is 5.03 Å². The van der Waals surface area contributed by atoms with E-state index in [-0.39, 0.29) is 5.69 Å². The van der Waals surface area contributed by atoms with Gasteiger partial charge in [0.05, 0.1) is 11.5 Å². The average Bonchev–Trinajstić information content (AvgIpc) is 2.52. The molecule has 0 aliphatic rings. The summed E-state index contributed by atoms with van der Waals surface area (Å²) >= 11 is 0. The first kappa shape index (κ1) is 15.4. The van der Waals surface area contributed by atoms with Crippen molar-refractivity contribution >= 4 is 11.4 Å². The zero-order valence-electron chi connectivity index (χ0n) is 12.0. The van der Waals surface area contributed by atoms with E-state index in [1.807, 2.05) is 6.92 Å². The van der Waals surface area contributed by atoms with Gasteiger partial charge in [0, 0.05) is 12.1 Å². The number of hydrazine groups is 1. The van der Waals surface area contributed by atoms with Gasteiger partial charge >= 0.3 is 0 Å². The second kappa shape index (κ2) is 6.66. The van der Waals surface area contributed by atoms with E-state index >= 15 is 0 Å². The quantitative estimate of drug-likeness (QED) is 0.599. The Hall–Kier alpha value is -2.96. The number of hydrogen-bond donors (Lipinski definition) is 0. The highest BCUT2D eigenvalue weighted by atomic mass is 16.7. The molecule has 2 aromatic carbocycles. The van der Waals surface area contributed by atoms with Crippen LogP contribution in [-0.2, 0) is 0 Å². The molecule has 0 spiro atoms. The Kier molecular flexibility index (Phi) is 4.67. The number of rotatable bonds is 6. The monoisotopic (exact) mass is 301 g/mol. The van der Waals surface area contributed by atoms with E-state index in [4.69, 9.17) is 0 Å². The molecule has 0 N–H and O–H groups in total. The van der Waals surface area contributed by atoms with E-state index in [9.17, 15) is 20.2 Å². The van der Waals surface area contributed by atoms with Gasteiger partial charge in [-0.1, -0.05) is 24.1 Å². The van der Waals surface area contributed by atoms with Gasteiger partial charge in [0.25, 0.3) is 5.69 Å². The molecule has 7 heteroatoms. The molecule has 0 aliphatic carbocycles. The van der Waals surface area contributed by atoms with Gasteiger partial charge in [0.1, 0.15) is 5.69 Å². The van der Waals surface area contributed by atoms with Crippen LogP contribution in [0.25, 0.3) is 11.1 Å². The Morgan fingerprint density at radius 3 is 1.82 bits per heavy atom. The number of non-ortho nitro benzene ring substituents is 1. The van der Waals surface area contributed by atoms with Gasteiger partial charge in [-0.3, -0.25) is 10.1 Å². The van der Waals surface area contributed by atoms with Crippen molar-refractivity contribution in [3.05, 3.63) is 68.8 Å². The van der Waals surface area contributed by atoms with E-state index < -0.39 is 9.96 Å². The zero-order chi connectivity index (χ0) is 16.1. The maximum absolute atomic E-state index is 11.0. The number of nitrogens with zero attached hydrogens (tertiary/aromatic N) is 3. The number of nitro benzene ring substituents is 1. The predicted molar refractivity (Wildman–Crippen MR) is 83.2 cm³/mol. The minimum atomic E-state index is -0.452. The van der Waals surface area contributed by atoms with Crippen molar-refractivity contribution < 1.29 is 9.96 Å². The van der Waals surface area contributed by atoms with Crippen molar-refractivity contribution in [1.29, 1.82) is 0 Å². The summed E-state index contributed by atoms with van der Waals surface area (Å²) in [6, 6.07) is 13.1. The van der Waals surface area contributed by atoms with Crippen LogP contribution >= 0.6 is 0 Å². The fraction of sp³-hybridized carbons (Fsp3) is 0.200. The molecule has 0 fully saturated rings. The molecule has 0 unspecified atom stereocenters. The summed E-state index contributed by atoms with van der Waals surface area (Å²) in [5, 5.41) is 22.3. The molecule has 0 saturated carbocycles. The lowest BCUT2D eigenvalue weighted by Gasteiger charge is -2.13. The number of anilines is 1. The van der Waals surface area contributed by atoms with Crippen LogP contribution in [0.1, 0.15) is 13.3 Å². The Balaban J connectivity index is 2.24. The molecule has 0 saturated heterocycles. The Labute approximate surface area is 127 Å². The molecule has 0 aliphatic heterocycles. The molecule has 114 valence electrons. The lowest BCUT2D eigenvalue weighted by atomic mass is 10.0. The molecule has 0 heterocycles. The van der Waals surface area contributed by atoms with Gasteiger partial charge in [-0.2, -0.15) is 0 Å². The summed E-state index contributed by atoms with van der Waals surface area (Å²) in [5.41, 5.74) is 2.21. The molecule has 0 aromatic heterocycles. The van der Waals surface area contributed by atoms with Crippen LogP contribution < -0.4 is 5.01 Å². The lowest BCUT2D eigenvalue weighted by molar-refractivity contribution is -0.494. The van der Waals surface area contributed by atoms with Crippen molar-refractivity contribution in [2.45, 2.75) is 13.3 Å². The third kappa shape index (κ3) is 3.38. The van der Waals surface area contributed by atoms with Crippen molar-refractivity contribution in [3.63, 3.8) is 0 Å². The van der Waals surface area contributed by atoms with Crippen LogP contribution in [0.5, 0.6) is 0 Å². The number of benzene rings is 2. The molecule has 0 bridgehead atoms. The standard InChI is InChI=1S/C15H15N3O4/c1-2-11-16(18(21)22)14-7-3-12(4-8-14)13-5-9-15(10-6-13)17(19)20/h3-10H,2,11H2,1H3. The van der Waals surface area contributed by atoms with Gasteiger partial charge in [-0.05, 0) is 41.8 Å². The van der Waals surface area contributed by atoms with Crippen LogP contribution in [0.2, 0.25) is 0 Å². The summed E-state index contributed by atoms with van der Waals surface area (Å²) < 4.78 is 0. The molecule has 7 nitrogen and oxygen atoms in total. The molecule has 2 aromatic rings. The molecule has 0 radical (unpaired) electrons. The minimum Gasteiger partial charge on any atom is -0.258 e. The van der Waals surface area contributed by atoms with Gasteiger partial charge in [-0.25, -0.2) is 10.1 Å². The minimum absolute atomic E-state index is 0.0304. The van der Waals surface area contributed by atoms with Crippen LogP contribution in [0, 0.1) is 20.2 Å². The molecule has 0 amide bonds. The van der Waals surface area contributed by atoms with E-state index in [1.165, 1.54) is 12.1 Å². The molecule has 22 heavy (non-hydrogen) atoms. The first-order chi connectivity index (χ1) is 10.5. The smallest absolute Gasteiger partial charge is 0.258 e. The second-order valence-electron chi connectivity index (χ2n) is 4.71. The SMILES string of the molecule is CCCN(c1ccc(-c2ccc([N+](=O)[O-])cc2)cc1)[N+](=O)[O-]. The van der Waals surface area contributed by atoms with Crippen LogP contribution in [0.3, 0.4) is 0 Å². The van der Waals surface area contributed by atoms with Crippen LogP contribution in [-0.4, -0.2) is 16.5 Å². The first-order valence-corrected chi connectivity index (χ1v) is 6.79. The number of hydrogen-bond acceptors (Lipinski definition) is 4. The Bertz CT molecular complexity index is 668. The Morgan fingerprint density at radius 1 is 0.909 bits per heavy atom. The van der Waals surface area contributed by atoms with Crippen molar-refractivity contribution in [2.24, 2.45) is 0 Å². The largest absolute Gasteiger partial charge is 0.269 e. The number of nitro groups is 2. The summed E-state index contributed by atoms with van der Waals surface area (Å²) in [4.78, 5) is 21.2. The van der Waals surface area contributed by atoms with Crippen molar-refractivity contribution in [2.75, 3.05) is 11.6 Å². The third-order valence-electron chi connectivity index (χ3n) is 3.21. The molecular formula is C15H15N3O4. The zero-order valence-corrected chi connectivity index (χ0v) is 12.0.